The van der Waals surface area contributed by atoms with Crippen LogP contribution in [0.15, 0.2) is 52.5 Å². The number of thioether (sulfide) groups is 1. The molecule has 1 aromatic carbocycles. The van der Waals surface area contributed by atoms with E-state index in [4.69, 9.17) is 0 Å². The average molecular weight is 469 g/mol. The normalized spacial score (nSPS) is 18.5. The minimum atomic E-state index is 0.475. The molecule has 8 heteroatoms. The molecule has 0 amide bonds. The second kappa shape index (κ2) is 8.20. The van der Waals surface area contributed by atoms with Crippen LogP contribution < -0.4 is 10.6 Å². The quantitative estimate of drug-likeness (QED) is 0.422. The number of H-pyrrole nitrogens is 1. The predicted octanol–water partition coefficient (Wildman–Crippen LogP) is 5.54. The van der Waals surface area contributed by atoms with Crippen molar-refractivity contribution in [3.05, 3.63) is 63.7 Å². The van der Waals surface area contributed by atoms with Crippen molar-refractivity contribution in [3.8, 4) is 0 Å². The van der Waals surface area contributed by atoms with E-state index in [-0.39, 0.29) is 0 Å². The monoisotopic (exact) mass is 468 g/mol. The number of hydrogen-bond acceptors (Lipinski definition) is 6. The molecule has 1 aliphatic heterocycles. The van der Waals surface area contributed by atoms with Crippen molar-refractivity contribution in [3.63, 3.8) is 0 Å². The third-order valence-corrected chi connectivity index (χ3v) is 6.79. The lowest BCUT2D eigenvalue weighted by Gasteiger charge is -2.12. The first-order chi connectivity index (χ1) is 14.2. The molecular weight excluding hydrogens is 448 g/mol. The summed E-state index contributed by atoms with van der Waals surface area (Å²) in [7, 11) is 0. The molecule has 1 saturated carbocycles. The number of benzene rings is 1. The fraction of sp³-hybridized carbons (Fsp3) is 0.286. The Morgan fingerprint density at radius 2 is 2.07 bits per heavy atom. The van der Waals surface area contributed by atoms with Gasteiger partial charge >= 0.3 is 0 Å². The summed E-state index contributed by atoms with van der Waals surface area (Å²) in [4.78, 5) is 9.02. The van der Waals surface area contributed by atoms with Crippen LogP contribution in [0, 0.1) is 0 Å². The zero-order valence-electron chi connectivity index (χ0n) is 15.7. The van der Waals surface area contributed by atoms with E-state index in [1.54, 1.807) is 6.20 Å². The van der Waals surface area contributed by atoms with E-state index in [2.05, 4.69) is 88.5 Å². The van der Waals surface area contributed by atoms with Crippen LogP contribution in [0.5, 0.6) is 0 Å². The molecule has 1 fully saturated rings. The summed E-state index contributed by atoms with van der Waals surface area (Å²) in [5.74, 6) is 2.80. The number of aromatic amines is 1. The molecule has 3 aromatic rings. The van der Waals surface area contributed by atoms with E-state index in [1.165, 1.54) is 24.0 Å². The van der Waals surface area contributed by atoms with Gasteiger partial charge in [0, 0.05) is 30.0 Å². The molecule has 1 aliphatic carbocycles. The topological polar surface area (TPSA) is 78.5 Å². The molecule has 2 aliphatic rings. The maximum Gasteiger partial charge on any atom is 0.224 e. The summed E-state index contributed by atoms with van der Waals surface area (Å²) in [5.41, 5.74) is 3.82. The first-order valence-electron chi connectivity index (χ1n) is 9.73. The molecular formula is C21H21BrN6S. The zero-order valence-corrected chi connectivity index (χ0v) is 18.1. The number of anilines is 3. The highest BCUT2D eigenvalue weighted by Crippen LogP contribution is 2.40. The fourth-order valence-electron chi connectivity index (χ4n) is 3.34. The number of hydrogen-bond donors (Lipinski definition) is 3. The fourth-order valence-corrected chi connectivity index (χ4v) is 4.67. The summed E-state index contributed by atoms with van der Waals surface area (Å²) in [6.07, 6.45) is 5.28. The maximum absolute atomic E-state index is 4.62. The predicted molar refractivity (Wildman–Crippen MR) is 122 cm³/mol. The van der Waals surface area contributed by atoms with Crippen molar-refractivity contribution in [2.45, 2.75) is 30.4 Å². The van der Waals surface area contributed by atoms with Gasteiger partial charge in [-0.25, -0.2) is 4.98 Å². The van der Waals surface area contributed by atoms with Crippen molar-refractivity contribution >= 4 is 50.8 Å². The summed E-state index contributed by atoms with van der Waals surface area (Å²) in [6.45, 7) is 0.814. The van der Waals surface area contributed by atoms with Gasteiger partial charge in [-0.05, 0) is 51.7 Å². The van der Waals surface area contributed by atoms with Crippen LogP contribution in [0.2, 0.25) is 0 Å². The number of nitrogens with zero attached hydrogens (tertiary/aromatic N) is 3. The Hall–Kier alpha value is -2.32. The lowest BCUT2D eigenvalue weighted by Crippen LogP contribution is -2.16. The van der Waals surface area contributed by atoms with E-state index in [1.807, 2.05) is 11.8 Å². The van der Waals surface area contributed by atoms with E-state index >= 15 is 0 Å². The molecule has 0 radical (unpaired) electrons. The van der Waals surface area contributed by atoms with E-state index in [0.29, 0.717) is 17.1 Å². The van der Waals surface area contributed by atoms with Gasteiger partial charge in [-0.1, -0.05) is 30.3 Å². The van der Waals surface area contributed by atoms with Crippen molar-refractivity contribution in [2.24, 2.45) is 0 Å². The SMILES string of the molecule is Brc1cnc(NCC2CC(c3ccccc3)=CS2)nc1Nc1cc(C2CC2)n[nH]1. The second-order valence-corrected chi connectivity index (χ2v) is 9.38. The van der Waals surface area contributed by atoms with Crippen molar-refractivity contribution in [1.29, 1.82) is 0 Å². The van der Waals surface area contributed by atoms with Gasteiger partial charge in [0.15, 0.2) is 5.82 Å². The minimum absolute atomic E-state index is 0.475. The van der Waals surface area contributed by atoms with E-state index < -0.39 is 0 Å². The molecule has 0 bridgehead atoms. The van der Waals surface area contributed by atoms with Gasteiger partial charge in [0.05, 0.1) is 10.2 Å². The van der Waals surface area contributed by atoms with Crippen LogP contribution in [-0.4, -0.2) is 32.0 Å². The van der Waals surface area contributed by atoms with E-state index in [9.17, 15) is 0 Å². The molecule has 1 atom stereocenters. The first-order valence-corrected chi connectivity index (χ1v) is 11.5. The Kier molecular flexibility index (Phi) is 5.28. The summed E-state index contributed by atoms with van der Waals surface area (Å²) in [5, 5.41) is 16.9. The molecule has 0 spiro atoms. The Balaban J connectivity index is 1.19. The smallest absolute Gasteiger partial charge is 0.224 e. The van der Waals surface area contributed by atoms with Gasteiger partial charge in [-0.2, -0.15) is 10.1 Å². The van der Waals surface area contributed by atoms with Gasteiger partial charge in [0.1, 0.15) is 5.82 Å². The lowest BCUT2D eigenvalue weighted by atomic mass is 10.0. The Morgan fingerprint density at radius 1 is 1.21 bits per heavy atom. The zero-order chi connectivity index (χ0) is 19.6. The van der Waals surface area contributed by atoms with Gasteiger partial charge in [-0.15, -0.1) is 11.8 Å². The van der Waals surface area contributed by atoms with Crippen LogP contribution in [0.4, 0.5) is 17.6 Å². The molecule has 3 N–H and O–H groups in total. The van der Waals surface area contributed by atoms with Crippen molar-refractivity contribution < 1.29 is 0 Å². The highest BCUT2D eigenvalue weighted by atomic mass is 79.9. The molecule has 5 rings (SSSR count). The molecule has 0 saturated heterocycles. The van der Waals surface area contributed by atoms with Crippen LogP contribution in [0.3, 0.4) is 0 Å². The highest BCUT2D eigenvalue weighted by molar-refractivity contribution is 9.10. The summed E-state index contributed by atoms with van der Waals surface area (Å²) < 4.78 is 0.814. The standard InChI is InChI=1S/C21H21BrN6S/c22-17-11-24-21(26-20(17)25-19-9-18(27-28-19)14-6-7-14)23-10-16-8-15(12-29-16)13-4-2-1-3-5-13/h1-5,9,11-12,14,16H,6-8,10H2,(H3,23,24,25,26,27,28). The second-order valence-electron chi connectivity index (χ2n) is 7.35. The largest absolute Gasteiger partial charge is 0.353 e. The third kappa shape index (κ3) is 4.48. The molecule has 29 heavy (non-hydrogen) atoms. The number of rotatable bonds is 7. The summed E-state index contributed by atoms with van der Waals surface area (Å²) >= 11 is 5.39. The summed E-state index contributed by atoms with van der Waals surface area (Å²) in [6, 6.07) is 12.6. The van der Waals surface area contributed by atoms with Crippen LogP contribution in [-0.2, 0) is 0 Å². The van der Waals surface area contributed by atoms with Crippen LogP contribution in [0.25, 0.3) is 5.57 Å². The Labute approximate surface area is 182 Å². The first kappa shape index (κ1) is 18.7. The third-order valence-electron chi connectivity index (χ3n) is 5.07. The van der Waals surface area contributed by atoms with Gasteiger partial charge < -0.3 is 10.6 Å². The highest BCUT2D eigenvalue weighted by Gasteiger charge is 2.26. The lowest BCUT2D eigenvalue weighted by molar-refractivity contribution is 0.918. The minimum Gasteiger partial charge on any atom is -0.353 e. The average Bonchev–Trinajstić information content (AvgIpc) is 3.31. The number of nitrogens with one attached hydrogen (secondary N) is 3. The molecule has 1 unspecified atom stereocenters. The maximum atomic E-state index is 4.62. The van der Waals surface area contributed by atoms with Gasteiger partial charge in [-0.3, -0.25) is 5.10 Å². The number of halogens is 1. The Morgan fingerprint density at radius 3 is 2.90 bits per heavy atom. The van der Waals surface area contributed by atoms with Crippen molar-refractivity contribution in [2.75, 3.05) is 17.2 Å². The van der Waals surface area contributed by atoms with Crippen LogP contribution >= 0.6 is 27.7 Å². The molecule has 3 heterocycles. The molecule has 2 aromatic heterocycles. The van der Waals surface area contributed by atoms with E-state index in [0.717, 1.165) is 34.8 Å². The van der Waals surface area contributed by atoms with Gasteiger partial charge in [0.25, 0.3) is 0 Å². The molecule has 6 nitrogen and oxygen atoms in total. The molecule has 148 valence electrons. The van der Waals surface area contributed by atoms with Crippen molar-refractivity contribution in [1.82, 2.24) is 20.2 Å². The van der Waals surface area contributed by atoms with Gasteiger partial charge in [0.2, 0.25) is 5.95 Å². The number of allylic oxidation sites excluding steroid dienone is 1. The number of aromatic nitrogens is 4. The van der Waals surface area contributed by atoms with Crippen LogP contribution in [0.1, 0.15) is 36.4 Å². The Bertz CT molecular complexity index is 1030.